The lowest BCUT2D eigenvalue weighted by atomic mass is 10.2. The Labute approximate surface area is 82.4 Å². The molecule has 1 saturated heterocycles. The molecule has 0 bridgehead atoms. The van der Waals surface area contributed by atoms with E-state index in [1.807, 2.05) is 0 Å². The maximum absolute atomic E-state index is 11.4. The Bertz CT molecular complexity index is 239. The molecule has 0 aromatic heterocycles. The summed E-state index contributed by atoms with van der Waals surface area (Å²) in [4.78, 5) is 22.2. The Balaban J connectivity index is 2.39. The van der Waals surface area contributed by atoms with E-state index < -0.39 is 24.2 Å². The van der Waals surface area contributed by atoms with Crippen molar-refractivity contribution in [3.63, 3.8) is 0 Å². The lowest BCUT2D eigenvalue weighted by Crippen LogP contribution is -2.38. The summed E-state index contributed by atoms with van der Waals surface area (Å²) in [5.74, 6) is -0.596. The van der Waals surface area contributed by atoms with Crippen LogP contribution in [0.1, 0.15) is 26.7 Å². The highest BCUT2D eigenvalue weighted by Crippen LogP contribution is 2.10. The average molecular weight is 201 g/mol. The molecule has 3 atom stereocenters. The van der Waals surface area contributed by atoms with E-state index in [0.717, 1.165) is 0 Å². The molecule has 1 rings (SSSR count). The van der Waals surface area contributed by atoms with Gasteiger partial charge in [-0.1, -0.05) is 0 Å². The van der Waals surface area contributed by atoms with Crippen molar-refractivity contribution in [2.45, 2.75) is 44.9 Å². The van der Waals surface area contributed by atoms with Crippen molar-refractivity contribution in [1.82, 2.24) is 5.32 Å². The van der Waals surface area contributed by atoms with E-state index in [2.05, 4.69) is 5.32 Å². The minimum absolute atomic E-state index is 0.128. The zero-order valence-corrected chi connectivity index (χ0v) is 8.32. The van der Waals surface area contributed by atoms with Crippen molar-refractivity contribution in [3.05, 3.63) is 0 Å². The van der Waals surface area contributed by atoms with Crippen molar-refractivity contribution in [3.8, 4) is 0 Å². The van der Waals surface area contributed by atoms with E-state index in [1.54, 1.807) is 13.8 Å². The number of carbonyl (C=O) groups is 2. The fourth-order valence-electron chi connectivity index (χ4n) is 1.15. The molecule has 2 N–H and O–H groups in total. The van der Waals surface area contributed by atoms with Crippen LogP contribution in [0.4, 0.5) is 0 Å². The number of ether oxygens (including phenoxy) is 1. The van der Waals surface area contributed by atoms with Gasteiger partial charge in [-0.25, -0.2) is 4.79 Å². The highest BCUT2D eigenvalue weighted by molar-refractivity contribution is 5.88. The van der Waals surface area contributed by atoms with E-state index >= 15 is 0 Å². The van der Waals surface area contributed by atoms with Crippen LogP contribution in [0.5, 0.6) is 0 Å². The third-order valence-electron chi connectivity index (χ3n) is 2.26. The monoisotopic (exact) mass is 201 g/mol. The maximum atomic E-state index is 11.4. The van der Waals surface area contributed by atoms with Gasteiger partial charge in [0.05, 0.1) is 6.10 Å². The van der Waals surface area contributed by atoms with Crippen molar-refractivity contribution in [1.29, 1.82) is 0 Å². The summed E-state index contributed by atoms with van der Waals surface area (Å²) in [6.45, 7) is 3.16. The fourth-order valence-corrected chi connectivity index (χ4v) is 1.15. The zero-order chi connectivity index (χ0) is 10.7. The van der Waals surface area contributed by atoms with Crippen LogP contribution in [-0.4, -0.2) is 35.2 Å². The van der Waals surface area contributed by atoms with Crippen molar-refractivity contribution >= 4 is 11.9 Å². The zero-order valence-electron chi connectivity index (χ0n) is 8.32. The van der Waals surface area contributed by atoms with Gasteiger partial charge in [0.2, 0.25) is 5.91 Å². The van der Waals surface area contributed by atoms with E-state index in [0.29, 0.717) is 12.8 Å². The van der Waals surface area contributed by atoms with Gasteiger partial charge in [0, 0.05) is 6.42 Å². The highest BCUT2D eigenvalue weighted by atomic mass is 16.6. The average Bonchev–Trinajstić information content (AvgIpc) is 2.51. The predicted octanol–water partition coefficient (Wildman–Crippen LogP) is -0.423. The standard InChI is InChI=1S/C9H15NO4/c1-5(11)6(2)14-9(13)7-3-4-8(12)10-7/h5-7,11H,3-4H2,1-2H3,(H,10,12)/t5?,6?,7-/m0/s1. The fraction of sp³-hybridized carbons (Fsp3) is 0.778. The van der Waals surface area contributed by atoms with Gasteiger partial charge in [0.15, 0.2) is 0 Å². The molecule has 0 saturated carbocycles. The Hall–Kier alpha value is -1.10. The summed E-state index contributed by atoms with van der Waals surface area (Å²) in [5, 5.41) is 11.6. The van der Waals surface area contributed by atoms with Gasteiger partial charge in [-0.3, -0.25) is 4.79 Å². The van der Waals surface area contributed by atoms with Gasteiger partial charge in [0.25, 0.3) is 0 Å². The normalized spacial score (nSPS) is 25.4. The van der Waals surface area contributed by atoms with Gasteiger partial charge in [-0.2, -0.15) is 0 Å². The molecule has 0 aromatic rings. The van der Waals surface area contributed by atoms with Crippen LogP contribution >= 0.6 is 0 Å². The topological polar surface area (TPSA) is 75.6 Å². The number of aliphatic hydroxyl groups is 1. The minimum Gasteiger partial charge on any atom is -0.458 e. The summed E-state index contributed by atoms with van der Waals surface area (Å²) in [7, 11) is 0. The number of aliphatic hydroxyl groups excluding tert-OH is 1. The lowest BCUT2D eigenvalue weighted by Gasteiger charge is -2.18. The molecule has 0 radical (unpaired) electrons. The van der Waals surface area contributed by atoms with Crippen LogP contribution in [0, 0.1) is 0 Å². The van der Waals surface area contributed by atoms with E-state index in [9.17, 15) is 9.59 Å². The molecule has 5 heteroatoms. The molecule has 5 nitrogen and oxygen atoms in total. The summed E-state index contributed by atoms with van der Waals surface area (Å²) >= 11 is 0. The van der Waals surface area contributed by atoms with Crippen molar-refractivity contribution in [2.75, 3.05) is 0 Å². The van der Waals surface area contributed by atoms with E-state index in [1.165, 1.54) is 0 Å². The molecule has 2 unspecified atom stereocenters. The Kier molecular flexibility index (Phi) is 3.46. The first-order valence-corrected chi connectivity index (χ1v) is 4.68. The second-order valence-corrected chi connectivity index (χ2v) is 3.54. The Morgan fingerprint density at radius 1 is 1.64 bits per heavy atom. The van der Waals surface area contributed by atoms with E-state index in [-0.39, 0.29) is 5.91 Å². The number of amides is 1. The molecular weight excluding hydrogens is 186 g/mol. The summed E-state index contributed by atoms with van der Waals surface area (Å²) in [6, 6.07) is -0.538. The highest BCUT2D eigenvalue weighted by Gasteiger charge is 2.30. The number of nitrogens with one attached hydrogen (secondary N) is 1. The molecular formula is C9H15NO4. The number of hydrogen-bond donors (Lipinski definition) is 2. The second kappa shape index (κ2) is 4.41. The first-order valence-electron chi connectivity index (χ1n) is 4.68. The quantitative estimate of drug-likeness (QED) is 0.608. The molecule has 14 heavy (non-hydrogen) atoms. The molecule has 1 aliphatic rings. The van der Waals surface area contributed by atoms with Crippen LogP contribution in [0.15, 0.2) is 0 Å². The molecule has 1 fully saturated rings. The predicted molar refractivity (Wildman–Crippen MR) is 48.4 cm³/mol. The molecule has 0 aliphatic carbocycles. The Morgan fingerprint density at radius 2 is 2.29 bits per heavy atom. The molecule has 1 heterocycles. The second-order valence-electron chi connectivity index (χ2n) is 3.54. The maximum Gasteiger partial charge on any atom is 0.329 e. The molecule has 1 aliphatic heterocycles. The minimum atomic E-state index is -0.698. The lowest BCUT2D eigenvalue weighted by molar-refractivity contribution is -0.155. The smallest absolute Gasteiger partial charge is 0.329 e. The number of carbonyl (C=O) groups excluding carboxylic acids is 2. The van der Waals surface area contributed by atoms with Crippen LogP contribution < -0.4 is 5.32 Å². The summed E-state index contributed by atoms with van der Waals surface area (Å²) < 4.78 is 4.94. The third-order valence-corrected chi connectivity index (χ3v) is 2.26. The van der Waals surface area contributed by atoms with Crippen molar-refractivity contribution < 1.29 is 19.4 Å². The van der Waals surface area contributed by atoms with Crippen molar-refractivity contribution in [2.24, 2.45) is 0 Å². The number of rotatable bonds is 3. The Morgan fingerprint density at radius 3 is 2.71 bits per heavy atom. The molecule has 0 aromatic carbocycles. The van der Waals surface area contributed by atoms with Crippen LogP contribution in [0.3, 0.4) is 0 Å². The first kappa shape index (κ1) is 11.0. The van der Waals surface area contributed by atoms with Crippen LogP contribution in [0.2, 0.25) is 0 Å². The summed E-state index contributed by atoms with van der Waals surface area (Å²) in [6.07, 6.45) is -0.399. The summed E-state index contributed by atoms with van der Waals surface area (Å²) in [5.41, 5.74) is 0. The van der Waals surface area contributed by atoms with Gasteiger partial charge >= 0.3 is 5.97 Å². The van der Waals surface area contributed by atoms with Gasteiger partial charge < -0.3 is 15.2 Å². The number of hydrogen-bond acceptors (Lipinski definition) is 4. The van der Waals surface area contributed by atoms with E-state index in [4.69, 9.17) is 9.84 Å². The number of esters is 1. The van der Waals surface area contributed by atoms with Crippen LogP contribution in [-0.2, 0) is 14.3 Å². The largest absolute Gasteiger partial charge is 0.458 e. The molecule has 80 valence electrons. The SMILES string of the molecule is CC(O)C(C)OC(=O)[C@@H]1CCC(=O)N1. The first-order chi connectivity index (χ1) is 6.50. The third kappa shape index (κ3) is 2.70. The van der Waals surface area contributed by atoms with Gasteiger partial charge in [0.1, 0.15) is 12.1 Å². The molecule has 0 spiro atoms. The molecule has 1 amide bonds. The van der Waals surface area contributed by atoms with Gasteiger partial charge in [-0.05, 0) is 20.3 Å². The van der Waals surface area contributed by atoms with Crippen LogP contribution in [0.25, 0.3) is 0 Å². The van der Waals surface area contributed by atoms with Gasteiger partial charge in [-0.15, -0.1) is 0 Å².